The van der Waals surface area contributed by atoms with Crippen molar-refractivity contribution in [2.75, 3.05) is 18.4 Å². The molecule has 1 aromatic carbocycles. The number of carbonyl (C=O) groups is 7. The molecular weight excluding hydrogens is 620 g/mol. The quantitative estimate of drug-likeness (QED) is 0.0888. The molecule has 14 nitrogen and oxygen atoms in total. The van der Waals surface area contributed by atoms with E-state index in [1.54, 1.807) is 38.1 Å². The first kappa shape index (κ1) is 39.7. The van der Waals surface area contributed by atoms with E-state index in [0.29, 0.717) is 37.9 Å². The Kier molecular flexibility index (Phi) is 15.5. The Labute approximate surface area is 282 Å². The number of ether oxygens (including phenoxy) is 1. The summed E-state index contributed by atoms with van der Waals surface area (Å²) in [5.74, 6) is -2.67. The van der Waals surface area contributed by atoms with E-state index in [4.69, 9.17) is 10.5 Å². The number of primary amides is 1. The lowest BCUT2D eigenvalue weighted by atomic mass is 9.80. The van der Waals surface area contributed by atoms with Gasteiger partial charge in [-0.05, 0) is 54.7 Å². The molecule has 1 aliphatic rings. The summed E-state index contributed by atoms with van der Waals surface area (Å²) < 4.78 is 4.98. The van der Waals surface area contributed by atoms with E-state index >= 15 is 0 Å². The predicted octanol–water partition coefficient (Wildman–Crippen LogP) is 2.74. The molecule has 14 heteroatoms. The van der Waals surface area contributed by atoms with E-state index in [1.807, 2.05) is 20.8 Å². The van der Waals surface area contributed by atoms with E-state index in [-0.39, 0.29) is 67.4 Å². The van der Waals surface area contributed by atoms with E-state index in [2.05, 4.69) is 21.3 Å². The third-order valence-corrected chi connectivity index (χ3v) is 8.11. The molecule has 2 rings (SSSR count). The molecule has 0 bridgehead atoms. The summed E-state index contributed by atoms with van der Waals surface area (Å²) in [4.78, 5) is 88.0. The topological polar surface area (TPSA) is 206 Å². The Morgan fingerprint density at radius 2 is 1.62 bits per heavy atom. The number of likely N-dealkylation sites (tertiary alicyclic amines) is 1. The van der Waals surface area contributed by atoms with Crippen LogP contribution >= 0.6 is 0 Å². The van der Waals surface area contributed by atoms with Crippen LogP contribution in [-0.4, -0.2) is 71.6 Å². The van der Waals surface area contributed by atoms with E-state index < -0.39 is 35.9 Å². The molecule has 0 radical (unpaired) electrons. The molecule has 3 atom stereocenters. The number of benzene rings is 1. The normalized spacial score (nSPS) is 15.9. The van der Waals surface area contributed by atoms with E-state index in [0.717, 1.165) is 5.56 Å². The van der Waals surface area contributed by atoms with Crippen LogP contribution in [-0.2, 0) is 40.1 Å². The molecule has 0 aliphatic carbocycles. The van der Waals surface area contributed by atoms with Gasteiger partial charge in [0.05, 0.1) is 5.92 Å². The monoisotopic (exact) mass is 672 g/mol. The van der Waals surface area contributed by atoms with Gasteiger partial charge in [-0.25, -0.2) is 4.79 Å². The maximum atomic E-state index is 13.4. The van der Waals surface area contributed by atoms with Gasteiger partial charge in [-0.1, -0.05) is 53.2 Å². The molecule has 3 unspecified atom stereocenters. The number of hydrogen-bond acceptors (Lipinski definition) is 8. The fourth-order valence-electron chi connectivity index (χ4n) is 5.25. The number of unbranched alkanes of at least 4 members (excludes halogenated alkanes) is 2. The van der Waals surface area contributed by atoms with Crippen molar-refractivity contribution in [2.45, 2.75) is 105 Å². The Balaban J connectivity index is 1.93. The number of nitrogens with two attached hydrogens (primary N) is 1. The fraction of sp³-hybridized carbons (Fsp3) is 0.618. The Morgan fingerprint density at radius 3 is 2.19 bits per heavy atom. The summed E-state index contributed by atoms with van der Waals surface area (Å²) in [6, 6.07) is 4.08. The first-order valence-corrected chi connectivity index (χ1v) is 16.5. The van der Waals surface area contributed by atoms with Crippen molar-refractivity contribution in [2.24, 2.45) is 23.0 Å². The summed E-state index contributed by atoms with van der Waals surface area (Å²) >= 11 is 0. The van der Waals surface area contributed by atoms with Crippen LogP contribution in [0, 0.1) is 17.3 Å². The third-order valence-electron chi connectivity index (χ3n) is 8.11. The smallest absolute Gasteiger partial charge is 0.312 e. The average molecular weight is 673 g/mol. The molecule has 266 valence electrons. The van der Waals surface area contributed by atoms with Crippen molar-refractivity contribution in [3.8, 4) is 0 Å². The summed E-state index contributed by atoms with van der Waals surface area (Å²) in [7, 11) is 0. The predicted molar refractivity (Wildman–Crippen MR) is 179 cm³/mol. The summed E-state index contributed by atoms with van der Waals surface area (Å²) in [6.45, 7) is 11.3. The molecular formula is C34H52N6O8. The second kappa shape index (κ2) is 18.7. The Morgan fingerprint density at radius 1 is 0.958 bits per heavy atom. The minimum atomic E-state index is -0.986. The van der Waals surface area contributed by atoms with Gasteiger partial charge in [0, 0.05) is 38.5 Å². The minimum absolute atomic E-state index is 0.0933. The highest BCUT2D eigenvalue weighted by molar-refractivity contribution is 6.04. The zero-order chi connectivity index (χ0) is 36.0. The molecule has 7 amide bonds. The molecule has 1 heterocycles. The highest BCUT2D eigenvalue weighted by Gasteiger charge is 2.44. The highest BCUT2D eigenvalue weighted by atomic mass is 16.5. The molecule has 1 aliphatic heterocycles. The molecule has 1 saturated heterocycles. The van der Waals surface area contributed by atoms with Crippen molar-refractivity contribution < 1.29 is 38.3 Å². The van der Waals surface area contributed by atoms with Crippen LogP contribution < -0.4 is 27.0 Å². The number of nitrogens with zero attached hydrogens (tertiary/aromatic N) is 1. The second-order valence-electron chi connectivity index (χ2n) is 13.6. The minimum Gasteiger partial charge on any atom is -0.461 e. The summed E-state index contributed by atoms with van der Waals surface area (Å²) in [5.41, 5.74) is 6.04. The van der Waals surface area contributed by atoms with Crippen LogP contribution in [0.1, 0.15) is 92.1 Å². The molecule has 1 aromatic rings. The number of urea groups is 1. The molecule has 0 spiro atoms. The number of hydrogen-bond donors (Lipinski definition) is 5. The fourth-order valence-corrected chi connectivity index (χ4v) is 5.25. The van der Waals surface area contributed by atoms with Crippen molar-refractivity contribution in [3.05, 3.63) is 29.8 Å². The lowest BCUT2D eigenvalue weighted by Gasteiger charge is -2.25. The van der Waals surface area contributed by atoms with Gasteiger partial charge in [-0.3, -0.25) is 33.7 Å². The van der Waals surface area contributed by atoms with Gasteiger partial charge in [0.2, 0.25) is 29.5 Å². The van der Waals surface area contributed by atoms with Gasteiger partial charge >= 0.3 is 12.0 Å². The van der Waals surface area contributed by atoms with Gasteiger partial charge in [-0.15, -0.1) is 0 Å². The Hall–Kier alpha value is -4.49. The number of amides is 7. The standard InChI is InChI=1S/C34H52N6O8/c1-21(2)29(39-27(42)12-8-7-9-18-40-28(43)19-25(32(40)46)34(4,5)6)31(45)38-26(11-10-17-36-33(35)47)30(44)37-24-15-13-23(14-16-24)20-48-22(3)41/h13-16,21,25-26,29H,7-12,17-20H2,1-6H3,(H,37,44)(H,38,45)(H,39,42)(H3,35,36,47). The van der Waals surface area contributed by atoms with Gasteiger partial charge in [0.15, 0.2) is 0 Å². The number of nitrogens with one attached hydrogen (secondary N) is 4. The van der Waals surface area contributed by atoms with Crippen LogP contribution in [0.15, 0.2) is 24.3 Å². The molecule has 6 N–H and O–H groups in total. The van der Waals surface area contributed by atoms with Gasteiger partial charge < -0.3 is 31.7 Å². The molecule has 0 saturated carbocycles. The van der Waals surface area contributed by atoms with Gasteiger partial charge in [-0.2, -0.15) is 0 Å². The largest absolute Gasteiger partial charge is 0.461 e. The van der Waals surface area contributed by atoms with Crippen molar-refractivity contribution in [3.63, 3.8) is 0 Å². The Bertz CT molecular complexity index is 1310. The summed E-state index contributed by atoms with van der Waals surface area (Å²) in [6.07, 6.45) is 2.60. The average Bonchev–Trinajstić information content (AvgIpc) is 3.29. The SMILES string of the molecule is CC(=O)OCc1ccc(NC(=O)C(CCCNC(N)=O)NC(=O)C(NC(=O)CCCCCN2C(=O)CC(C(C)(C)C)C2=O)C(C)C)cc1. The van der Waals surface area contributed by atoms with Crippen molar-refractivity contribution >= 4 is 47.2 Å². The molecule has 1 fully saturated rings. The van der Waals surface area contributed by atoms with E-state index in [1.165, 1.54) is 11.8 Å². The van der Waals surface area contributed by atoms with Gasteiger partial charge in [0.1, 0.15) is 18.7 Å². The maximum Gasteiger partial charge on any atom is 0.312 e. The first-order valence-electron chi connectivity index (χ1n) is 16.5. The van der Waals surface area contributed by atoms with E-state index in [9.17, 15) is 33.6 Å². The zero-order valence-electron chi connectivity index (χ0n) is 29.0. The van der Waals surface area contributed by atoms with Crippen LogP contribution in [0.3, 0.4) is 0 Å². The lowest BCUT2D eigenvalue weighted by molar-refractivity contribution is -0.142. The first-order chi connectivity index (χ1) is 22.5. The third kappa shape index (κ3) is 13.3. The maximum absolute atomic E-state index is 13.4. The number of carbonyl (C=O) groups excluding carboxylic acids is 7. The van der Waals surface area contributed by atoms with Crippen molar-refractivity contribution in [1.29, 1.82) is 0 Å². The highest BCUT2D eigenvalue weighted by Crippen LogP contribution is 2.35. The van der Waals surface area contributed by atoms with Crippen LogP contribution in [0.4, 0.5) is 10.5 Å². The van der Waals surface area contributed by atoms with Crippen molar-refractivity contribution in [1.82, 2.24) is 20.9 Å². The number of imide groups is 1. The van der Waals surface area contributed by atoms with Crippen LogP contribution in [0.25, 0.3) is 0 Å². The molecule has 48 heavy (non-hydrogen) atoms. The second-order valence-corrected chi connectivity index (χ2v) is 13.6. The van der Waals surface area contributed by atoms with Crippen LogP contribution in [0.2, 0.25) is 0 Å². The van der Waals surface area contributed by atoms with Crippen LogP contribution in [0.5, 0.6) is 0 Å². The number of esters is 1. The van der Waals surface area contributed by atoms with Gasteiger partial charge in [0.25, 0.3) is 0 Å². The zero-order valence-corrected chi connectivity index (χ0v) is 29.0. The lowest BCUT2D eigenvalue weighted by Crippen LogP contribution is -2.54. The number of rotatable bonds is 18. The summed E-state index contributed by atoms with van der Waals surface area (Å²) in [5, 5.41) is 10.8. The molecule has 0 aromatic heterocycles. The number of anilines is 1.